The van der Waals surface area contributed by atoms with Crippen molar-refractivity contribution in [3.8, 4) is 11.5 Å². The van der Waals surface area contributed by atoms with Crippen molar-refractivity contribution in [1.29, 1.82) is 0 Å². The fourth-order valence-electron chi connectivity index (χ4n) is 4.93. The summed E-state index contributed by atoms with van der Waals surface area (Å²) in [6.45, 7) is 11.7. The molecule has 0 aromatic heterocycles. The van der Waals surface area contributed by atoms with Gasteiger partial charge < -0.3 is 24.6 Å². The SMILES string of the molecule is CCNC(=NCCCC(=O)N1CCc2cc(OC)c(OC)cc2C1)N1CC(C)CC(C)C1. The Kier molecular flexibility index (Phi) is 8.65. The largest absolute Gasteiger partial charge is 0.493 e. The molecule has 1 amide bonds. The van der Waals surface area contributed by atoms with Gasteiger partial charge in [-0.25, -0.2) is 0 Å². The Morgan fingerprint density at radius 1 is 1.09 bits per heavy atom. The number of carbonyl (C=O) groups excluding carboxylic acids is 1. The van der Waals surface area contributed by atoms with E-state index in [-0.39, 0.29) is 5.91 Å². The summed E-state index contributed by atoms with van der Waals surface area (Å²) >= 11 is 0. The molecule has 2 heterocycles. The van der Waals surface area contributed by atoms with Crippen LogP contribution in [0.3, 0.4) is 0 Å². The Bertz CT molecular complexity index is 801. The number of guanidine groups is 1. The first-order chi connectivity index (χ1) is 15.4. The molecular formula is C25H40N4O3. The van der Waals surface area contributed by atoms with Crippen LogP contribution in [0.25, 0.3) is 0 Å². The highest BCUT2D eigenvalue weighted by Crippen LogP contribution is 2.33. The van der Waals surface area contributed by atoms with Crippen molar-refractivity contribution in [2.45, 2.75) is 53.0 Å². The van der Waals surface area contributed by atoms with E-state index in [2.05, 4.69) is 31.0 Å². The van der Waals surface area contributed by atoms with Gasteiger partial charge in [-0.3, -0.25) is 9.79 Å². The standard InChI is InChI=1S/C25H40N4O3/c1-6-26-25(29-15-18(2)12-19(3)16-29)27-10-7-8-24(30)28-11-9-20-13-22(31-4)23(32-5)14-21(20)17-28/h13-14,18-19H,6-12,15-17H2,1-5H3,(H,26,27). The molecule has 7 nitrogen and oxygen atoms in total. The van der Waals surface area contributed by atoms with E-state index in [1.165, 1.54) is 12.0 Å². The number of methoxy groups -OCH3 is 2. The zero-order valence-corrected chi connectivity index (χ0v) is 20.4. The number of fused-ring (bicyclic) bond motifs is 1. The zero-order valence-electron chi connectivity index (χ0n) is 20.4. The minimum atomic E-state index is 0.200. The van der Waals surface area contributed by atoms with E-state index < -0.39 is 0 Å². The molecule has 1 fully saturated rings. The Labute approximate surface area is 193 Å². The summed E-state index contributed by atoms with van der Waals surface area (Å²) in [5.74, 6) is 4.02. The van der Waals surface area contributed by atoms with Crippen LogP contribution in [0.4, 0.5) is 0 Å². The Morgan fingerprint density at radius 2 is 1.75 bits per heavy atom. The van der Waals surface area contributed by atoms with Crippen molar-refractivity contribution in [1.82, 2.24) is 15.1 Å². The molecule has 1 aromatic carbocycles. The minimum absolute atomic E-state index is 0.200. The number of piperidine rings is 1. The van der Waals surface area contributed by atoms with Gasteiger partial charge in [0.15, 0.2) is 17.5 Å². The van der Waals surface area contributed by atoms with Crippen LogP contribution in [0.1, 0.15) is 51.2 Å². The number of carbonyl (C=O) groups is 1. The number of rotatable bonds is 7. The lowest BCUT2D eigenvalue weighted by atomic mass is 9.92. The maximum Gasteiger partial charge on any atom is 0.222 e. The van der Waals surface area contributed by atoms with Gasteiger partial charge in [0.2, 0.25) is 5.91 Å². The molecule has 32 heavy (non-hydrogen) atoms. The predicted molar refractivity (Wildman–Crippen MR) is 128 cm³/mol. The Hall–Kier alpha value is -2.44. The van der Waals surface area contributed by atoms with Gasteiger partial charge in [0, 0.05) is 45.7 Å². The smallest absolute Gasteiger partial charge is 0.222 e. The number of aliphatic imine (C=N–C) groups is 1. The van der Waals surface area contributed by atoms with E-state index in [1.807, 2.05) is 17.0 Å². The molecule has 2 atom stereocenters. The van der Waals surface area contributed by atoms with Crippen LogP contribution in [0.5, 0.6) is 11.5 Å². The maximum atomic E-state index is 12.8. The van der Waals surface area contributed by atoms with Gasteiger partial charge in [-0.15, -0.1) is 0 Å². The number of likely N-dealkylation sites (tertiary alicyclic amines) is 1. The first-order valence-corrected chi connectivity index (χ1v) is 12.0. The molecule has 3 rings (SSSR count). The molecule has 0 spiro atoms. The molecule has 2 aliphatic heterocycles. The van der Waals surface area contributed by atoms with Crippen molar-refractivity contribution >= 4 is 11.9 Å². The topological polar surface area (TPSA) is 66.4 Å². The first-order valence-electron chi connectivity index (χ1n) is 12.0. The number of hydrogen-bond donors (Lipinski definition) is 1. The third-order valence-electron chi connectivity index (χ3n) is 6.38. The number of nitrogens with zero attached hydrogens (tertiary/aromatic N) is 3. The average Bonchev–Trinajstić information content (AvgIpc) is 2.78. The Balaban J connectivity index is 1.53. The lowest BCUT2D eigenvalue weighted by Gasteiger charge is -2.37. The number of nitrogens with one attached hydrogen (secondary N) is 1. The second-order valence-electron chi connectivity index (χ2n) is 9.23. The van der Waals surface area contributed by atoms with E-state index in [9.17, 15) is 4.79 Å². The summed E-state index contributed by atoms with van der Waals surface area (Å²) in [4.78, 5) is 22.0. The van der Waals surface area contributed by atoms with Gasteiger partial charge >= 0.3 is 0 Å². The van der Waals surface area contributed by atoms with Crippen LogP contribution < -0.4 is 14.8 Å². The molecule has 2 unspecified atom stereocenters. The highest BCUT2D eigenvalue weighted by atomic mass is 16.5. The Morgan fingerprint density at radius 3 is 2.38 bits per heavy atom. The van der Waals surface area contributed by atoms with Crippen molar-refractivity contribution in [2.75, 3.05) is 46.9 Å². The van der Waals surface area contributed by atoms with Gasteiger partial charge in [-0.1, -0.05) is 13.8 Å². The summed E-state index contributed by atoms with van der Waals surface area (Å²) in [5.41, 5.74) is 2.37. The quantitative estimate of drug-likeness (QED) is 0.397. The van der Waals surface area contributed by atoms with Crippen molar-refractivity contribution in [3.05, 3.63) is 23.3 Å². The normalized spacial score (nSPS) is 21.2. The van der Waals surface area contributed by atoms with Crippen LogP contribution in [0, 0.1) is 11.8 Å². The number of ether oxygens (including phenoxy) is 2. The van der Waals surface area contributed by atoms with Crippen molar-refractivity contribution in [2.24, 2.45) is 16.8 Å². The highest BCUT2D eigenvalue weighted by Gasteiger charge is 2.25. The fraction of sp³-hybridized carbons (Fsp3) is 0.680. The van der Waals surface area contributed by atoms with Crippen molar-refractivity contribution < 1.29 is 14.3 Å². The number of amides is 1. The number of hydrogen-bond acceptors (Lipinski definition) is 4. The molecule has 2 aliphatic rings. The average molecular weight is 445 g/mol. The molecule has 0 aliphatic carbocycles. The third kappa shape index (κ3) is 6.08. The highest BCUT2D eigenvalue weighted by molar-refractivity contribution is 5.80. The second kappa shape index (κ2) is 11.4. The molecule has 1 saturated heterocycles. The van der Waals surface area contributed by atoms with E-state index in [4.69, 9.17) is 14.5 Å². The predicted octanol–water partition coefficient (Wildman–Crippen LogP) is 3.31. The van der Waals surface area contributed by atoms with Gasteiger partial charge in [-0.2, -0.15) is 0 Å². The van der Waals surface area contributed by atoms with Gasteiger partial charge in [-0.05, 0) is 61.3 Å². The molecule has 1 N–H and O–H groups in total. The molecule has 0 bridgehead atoms. The maximum absolute atomic E-state index is 12.8. The van der Waals surface area contributed by atoms with Crippen LogP contribution in [-0.4, -0.2) is 68.6 Å². The molecule has 178 valence electrons. The van der Waals surface area contributed by atoms with Gasteiger partial charge in [0.05, 0.1) is 14.2 Å². The fourth-order valence-corrected chi connectivity index (χ4v) is 4.93. The van der Waals surface area contributed by atoms with Crippen LogP contribution in [0.15, 0.2) is 17.1 Å². The van der Waals surface area contributed by atoms with E-state index in [0.29, 0.717) is 37.1 Å². The van der Waals surface area contributed by atoms with Crippen LogP contribution >= 0.6 is 0 Å². The number of benzene rings is 1. The molecule has 7 heteroatoms. The zero-order chi connectivity index (χ0) is 23.1. The first kappa shape index (κ1) is 24.2. The molecule has 0 saturated carbocycles. The molecular weight excluding hydrogens is 404 g/mol. The van der Waals surface area contributed by atoms with E-state index in [1.54, 1.807) is 14.2 Å². The van der Waals surface area contributed by atoms with Crippen LogP contribution in [0.2, 0.25) is 0 Å². The van der Waals surface area contributed by atoms with E-state index >= 15 is 0 Å². The molecule has 1 aromatic rings. The minimum Gasteiger partial charge on any atom is -0.493 e. The van der Waals surface area contributed by atoms with Gasteiger partial charge in [0.25, 0.3) is 0 Å². The molecule has 0 radical (unpaired) electrons. The second-order valence-corrected chi connectivity index (χ2v) is 9.23. The summed E-state index contributed by atoms with van der Waals surface area (Å²) in [5, 5.41) is 3.43. The third-order valence-corrected chi connectivity index (χ3v) is 6.38. The van der Waals surface area contributed by atoms with Gasteiger partial charge in [0.1, 0.15) is 0 Å². The summed E-state index contributed by atoms with van der Waals surface area (Å²) in [7, 11) is 3.29. The van der Waals surface area contributed by atoms with E-state index in [0.717, 1.165) is 56.3 Å². The summed E-state index contributed by atoms with van der Waals surface area (Å²) in [6.07, 6.45) is 3.41. The van der Waals surface area contributed by atoms with Crippen LogP contribution in [-0.2, 0) is 17.8 Å². The summed E-state index contributed by atoms with van der Waals surface area (Å²) < 4.78 is 10.8. The van der Waals surface area contributed by atoms with Crippen molar-refractivity contribution in [3.63, 3.8) is 0 Å². The monoisotopic (exact) mass is 444 g/mol. The lowest BCUT2D eigenvalue weighted by molar-refractivity contribution is -0.132. The lowest BCUT2D eigenvalue weighted by Crippen LogP contribution is -2.48. The summed E-state index contributed by atoms with van der Waals surface area (Å²) in [6, 6.07) is 4.04.